The van der Waals surface area contributed by atoms with Gasteiger partial charge in [0.2, 0.25) is 17.7 Å². The summed E-state index contributed by atoms with van der Waals surface area (Å²) in [6, 6.07) is 17.2. The Morgan fingerprint density at radius 2 is 1.62 bits per heavy atom. The van der Waals surface area contributed by atoms with Gasteiger partial charge in [-0.1, -0.05) is 42.5 Å². The molecule has 1 aliphatic heterocycles. The van der Waals surface area contributed by atoms with Crippen LogP contribution in [0, 0.1) is 5.92 Å². The van der Waals surface area contributed by atoms with Crippen LogP contribution in [-0.2, 0) is 16.0 Å². The number of alkyl halides is 2. The fourth-order valence-corrected chi connectivity index (χ4v) is 5.31. The largest absolute Gasteiger partial charge is 0.399 e. The first-order valence-corrected chi connectivity index (χ1v) is 13.4. The third-order valence-electron chi connectivity index (χ3n) is 7.64. The number of anilines is 1. The lowest BCUT2D eigenvalue weighted by molar-refractivity contribution is -0.130. The molecule has 1 aliphatic carbocycles. The predicted molar refractivity (Wildman–Crippen MR) is 141 cm³/mol. The van der Waals surface area contributed by atoms with E-state index in [1.54, 1.807) is 12.1 Å². The second kappa shape index (κ2) is 12.5. The van der Waals surface area contributed by atoms with Gasteiger partial charge in [-0.25, -0.2) is 8.78 Å². The van der Waals surface area contributed by atoms with Crippen LogP contribution in [0.4, 0.5) is 14.5 Å². The van der Waals surface area contributed by atoms with Crippen LogP contribution >= 0.6 is 0 Å². The van der Waals surface area contributed by atoms with Crippen LogP contribution in [0.3, 0.4) is 0 Å². The van der Waals surface area contributed by atoms with E-state index < -0.39 is 5.92 Å². The summed E-state index contributed by atoms with van der Waals surface area (Å²) in [6.07, 6.45) is 2.89. The summed E-state index contributed by atoms with van der Waals surface area (Å²) in [5.74, 6) is -3.09. The maximum Gasteiger partial charge on any atom is 0.248 e. The number of nitrogens with zero attached hydrogens (tertiary/aromatic N) is 1. The number of carbonyl (C=O) groups excluding carboxylic acids is 2. The molecule has 2 aromatic carbocycles. The van der Waals surface area contributed by atoms with E-state index in [9.17, 15) is 18.4 Å². The topological polar surface area (TPSA) is 87.5 Å². The maximum atomic E-state index is 13.5. The molecule has 1 heterocycles. The van der Waals surface area contributed by atoms with Crippen LogP contribution in [-0.4, -0.2) is 48.3 Å². The summed E-state index contributed by atoms with van der Waals surface area (Å²) in [5.41, 5.74) is 8.37. The fraction of sp³-hybridized carbons (Fsp3) is 0.517. The lowest BCUT2D eigenvalue weighted by Gasteiger charge is -2.34. The number of nitrogens with two attached hydrogens (primary N) is 1. The summed E-state index contributed by atoms with van der Waals surface area (Å²) in [7, 11) is 0. The summed E-state index contributed by atoms with van der Waals surface area (Å²) in [4.78, 5) is 27.7. The molecule has 0 radical (unpaired) electrons. The minimum atomic E-state index is -2.64. The first kappa shape index (κ1) is 27.0. The lowest BCUT2D eigenvalue weighted by atomic mass is 9.86. The van der Waals surface area contributed by atoms with Crippen LogP contribution in [0.2, 0.25) is 0 Å². The summed E-state index contributed by atoms with van der Waals surface area (Å²) in [6.45, 7) is 2.56. The highest BCUT2D eigenvalue weighted by Gasteiger charge is 2.37. The molecule has 1 saturated heterocycles. The Bertz CT molecular complexity index is 1010. The van der Waals surface area contributed by atoms with Crippen LogP contribution in [0.15, 0.2) is 54.6 Å². The Hall–Kier alpha value is -3.00. The summed E-state index contributed by atoms with van der Waals surface area (Å²) >= 11 is 0. The van der Waals surface area contributed by atoms with E-state index in [2.05, 4.69) is 15.5 Å². The van der Waals surface area contributed by atoms with Crippen molar-refractivity contribution in [2.75, 3.05) is 25.4 Å². The zero-order valence-electron chi connectivity index (χ0n) is 21.3. The summed E-state index contributed by atoms with van der Waals surface area (Å²) < 4.78 is 27.1. The van der Waals surface area contributed by atoms with Gasteiger partial charge in [0.05, 0.1) is 12.5 Å². The SMILES string of the molecule is Nc1ccc(CC(=O)NC2CCN(CC[C@H](NC(=O)C3CCC(F)(F)CC3)c3ccccc3)CC2)cc1. The van der Waals surface area contributed by atoms with E-state index in [-0.39, 0.29) is 55.5 Å². The Labute approximate surface area is 218 Å². The highest BCUT2D eigenvalue weighted by molar-refractivity contribution is 5.79. The second-order valence-corrected chi connectivity index (χ2v) is 10.5. The van der Waals surface area contributed by atoms with E-state index >= 15 is 0 Å². The zero-order valence-corrected chi connectivity index (χ0v) is 21.3. The third kappa shape index (κ3) is 8.25. The number of amides is 2. The maximum absolute atomic E-state index is 13.5. The van der Waals surface area contributed by atoms with Crippen molar-refractivity contribution < 1.29 is 18.4 Å². The van der Waals surface area contributed by atoms with Crippen LogP contribution < -0.4 is 16.4 Å². The van der Waals surface area contributed by atoms with Crippen molar-refractivity contribution in [3.05, 3.63) is 65.7 Å². The van der Waals surface area contributed by atoms with Crippen LogP contribution in [0.25, 0.3) is 0 Å². The van der Waals surface area contributed by atoms with Crippen LogP contribution in [0.1, 0.15) is 62.1 Å². The minimum absolute atomic E-state index is 0.0237. The number of carbonyl (C=O) groups is 2. The number of nitrogens with one attached hydrogen (secondary N) is 2. The van der Waals surface area contributed by atoms with E-state index in [1.807, 2.05) is 42.5 Å². The Balaban J connectivity index is 1.24. The molecular weight excluding hydrogens is 474 g/mol. The standard InChI is InChI=1S/C29H38F2N4O2/c30-29(31)15-10-23(11-16-29)28(37)34-26(22-4-2-1-3-5-22)14-19-35-17-12-25(13-18-35)33-27(36)20-21-6-8-24(32)9-7-21/h1-9,23,25-26H,10-20,32H2,(H,33,36)(H,34,37)/t26-/m0/s1. The molecule has 2 aliphatic rings. The third-order valence-corrected chi connectivity index (χ3v) is 7.64. The number of piperidine rings is 1. The van der Waals surface area contributed by atoms with Gasteiger partial charge in [0.1, 0.15) is 0 Å². The molecule has 6 nitrogen and oxygen atoms in total. The smallest absolute Gasteiger partial charge is 0.248 e. The molecule has 0 bridgehead atoms. The monoisotopic (exact) mass is 512 g/mol. The zero-order chi connectivity index (χ0) is 26.3. The molecule has 0 aromatic heterocycles. The molecule has 0 unspecified atom stereocenters. The Morgan fingerprint density at radius 3 is 2.27 bits per heavy atom. The van der Waals surface area contributed by atoms with Gasteiger partial charge >= 0.3 is 0 Å². The Kier molecular flexibility index (Phi) is 9.14. The average Bonchev–Trinajstić information content (AvgIpc) is 2.89. The molecule has 8 heteroatoms. The molecule has 37 heavy (non-hydrogen) atoms. The molecule has 2 amide bonds. The lowest BCUT2D eigenvalue weighted by Crippen LogP contribution is -2.46. The predicted octanol–water partition coefficient (Wildman–Crippen LogP) is 4.47. The van der Waals surface area contributed by atoms with Gasteiger partial charge in [0.15, 0.2) is 0 Å². The van der Waals surface area contributed by atoms with Crippen molar-refractivity contribution in [2.24, 2.45) is 5.92 Å². The number of nitrogen functional groups attached to an aromatic ring is 1. The molecule has 2 aromatic rings. The van der Waals surface area contributed by atoms with Gasteiger partial charge in [-0.3, -0.25) is 9.59 Å². The molecule has 0 spiro atoms. The van der Waals surface area contributed by atoms with E-state index in [1.165, 1.54) is 0 Å². The molecule has 2 fully saturated rings. The first-order valence-electron chi connectivity index (χ1n) is 13.4. The number of likely N-dealkylation sites (tertiary alicyclic amines) is 1. The minimum Gasteiger partial charge on any atom is -0.399 e. The molecular formula is C29H38F2N4O2. The van der Waals surface area contributed by atoms with Crippen molar-refractivity contribution in [1.29, 1.82) is 0 Å². The van der Waals surface area contributed by atoms with Crippen molar-refractivity contribution in [3.8, 4) is 0 Å². The second-order valence-electron chi connectivity index (χ2n) is 10.5. The van der Waals surface area contributed by atoms with E-state index in [0.29, 0.717) is 12.1 Å². The number of benzene rings is 2. The van der Waals surface area contributed by atoms with Crippen molar-refractivity contribution in [3.63, 3.8) is 0 Å². The van der Waals surface area contributed by atoms with Crippen molar-refractivity contribution in [1.82, 2.24) is 15.5 Å². The quantitative estimate of drug-likeness (QED) is 0.433. The van der Waals surface area contributed by atoms with Crippen molar-refractivity contribution >= 4 is 17.5 Å². The Morgan fingerprint density at radius 1 is 0.973 bits per heavy atom. The van der Waals surface area contributed by atoms with Gasteiger partial charge in [-0.2, -0.15) is 0 Å². The molecule has 200 valence electrons. The molecule has 4 rings (SSSR count). The van der Waals surface area contributed by atoms with Gasteiger partial charge in [0.25, 0.3) is 0 Å². The number of hydrogen-bond acceptors (Lipinski definition) is 4. The molecule has 1 saturated carbocycles. The highest BCUT2D eigenvalue weighted by atomic mass is 19.3. The average molecular weight is 513 g/mol. The summed E-state index contributed by atoms with van der Waals surface area (Å²) in [5, 5.41) is 6.31. The number of rotatable bonds is 9. The highest BCUT2D eigenvalue weighted by Crippen LogP contribution is 2.36. The van der Waals surface area contributed by atoms with Gasteiger partial charge in [-0.05, 0) is 55.4 Å². The number of halogens is 2. The fourth-order valence-electron chi connectivity index (χ4n) is 5.31. The first-order chi connectivity index (χ1) is 17.8. The van der Waals surface area contributed by atoms with Gasteiger partial charge in [0, 0.05) is 50.1 Å². The van der Waals surface area contributed by atoms with Gasteiger partial charge in [-0.15, -0.1) is 0 Å². The van der Waals surface area contributed by atoms with Crippen LogP contribution in [0.5, 0.6) is 0 Å². The van der Waals surface area contributed by atoms with Gasteiger partial charge < -0.3 is 21.3 Å². The molecule has 4 N–H and O–H groups in total. The van der Waals surface area contributed by atoms with E-state index in [0.717, 1.165) is 50.0 Å². The molecule has 1 atom stereocenters. The van der Waals surface area contributed by atoms with Crippen molar-refractivity contribution in [2.45, 2.75) is 69.4 Å². The van der Waals surface area contributed by atoms with E-state index in [4.69, 9.17) is 5.73 Å². The normalized spacial score (nSPS) is 19.7. The number of hydrogen-bond donors (Lipinski definition) is 3.